The van der Waals surface area contributed by atoms with E-state index in [1.807, 2.05) is 25.7 Å². The second-order valence-electron chi connectivity index (χ2n) is 5.73. The Morgan fingerprint density at radius 1 is 1.38 bits per heavy atom. The van der Waals surface area contributed by atoms with Crippen molar-refractivity contribution < 1.29 is 4.79 Å². The van der Waals surface area contributed by atoms with E-state index in [1.165, 1.54) is 0 Å². The van der Waals surface area contributed by atoms with Gasteiger partial charge in [0, 0.05) is 38.1 Å². The standard InChI is InChI=1S/C14H24N4OS.ClH/c1-10(2)13(15)14(19)18-6-4-17(5-7-18)8-12-9-20-11(3)16-12;/h9-10,13H,4-8,15H2,1-3H3;1H/t13-;/m0./s1. The summed E-state index contributed by atoms with van der Waals surface area (Å²) in [6.45, 7) is 10.2. The van der Waals surface area contributed by atoms with Crippen molar-refractivity contribution in [2.75, 3.05) is 26.2 Å². The maximum atomic E-state index is 12.2. The first-order chi connectivity index (χ1) is 9.47. The van der Waals surface area contributed by atoms with Gasteiger partial charge >= 0.3 is 0 Å². The minimum absolute atomic E-state index is 0. The highest BCUT2D eigenvalue weighted by molar-refractivity contribution is 7.09. The van der Waals surface area contributed by atoms with Gasteiger partial charge in [0.15, 0.2) is 0 Å². The summed E-state index contributed by atoms with van der Waals surface area (Å²) < 4.78 is 0. The number of carbonyl (C=O) groups is 1. The normalized spacial score (nSPS) is 17.7. The highest BCUT2D eigenvalue weighted by atomic mass is 35.5. The zero-order chi connectivity index (χ0) is 14.7. The van der Waals surface area contributed by atoms with Crippen molar-refractivity contribution in [3.8, 4) is 0 Å². The number of hydrogen-bond acceptors (Lipinski definition) is 5. The molecular weight excluding hydrogens is 308 g/mol. The monoisotopic (exact) mass is 332 g/mol. The largest absolute Gasteiger partial charge is 0.339 e. The van der Waals surface area contributed by atoms with E-state index in [0.717, 1.165) is 43.4 Å². The summed E-state index contributed by atoms with van der Waals surface area (Å²) in [5.41, 5.74) is 7.07. The van der Waals surface area contributed by atoms with Crippen LogP contribution in [0.3, 0.4) is 0 Å². The first kappa shape index (κ1) is 18.4. The number of nitrogens with two attached hydrogens (primary N) is 1. The van der Waals surface area contributed by atoms with E-state index in [2.05, 4.69) is 15.3 Å². The number of amides is 1. The van der Waals surface area contributed by atoms with E-state index in [4.69, 9.17) is 5.73 Å². The summed E-state index contributed by atoms with van der Waals surface area (Å²) in [6.07, 6.45) is 0. The number of hydrogen-bond donors (Lipinski definition) is 1. The van der Waals surface area contributed by atoms with Crippen molar-refractivity contribution in [3.05, 3.63) is 16.1 Å². The molecule has 1 amide bonds. The van der Waals surface area contributed by atoms with Crippen LogP contribution < -0.4 is 5.73 Å². The molecular formula is C14H25ClN4OS. The molecule has 1 aliphatic heterocycles. The summed E-state index contributed by atoms with van der Waals surface area (Å²) in [4.78, 5) is 20.9. The van der Waals surface area contributed by atoms with E-state index < -0.39 is 0 Å². The summed E-state index contributed by atoms with van der Waals surface area (Å²) in [7, 11) is 0. The van der Waals surface area contributed by atoms with Gasteiger partial charge in [0.2, 0.25) is 5.91 Å². The van der Waals surface area contributed by atoms with Crippen LogP contribution in [-0.2, 0) is 11.3 Å². The van der Waals surface area contributed by atoms with Gasteiger partial charge in [0.25, 0.3) is 0 Å². The molecule has 0 saturated carbocycles. The Balaban J connectivity index is 0.00000220. The average Bonchev–Trinajstić information content (AvgIpc) is 2.83. The second kappa shape index (κ2) is 8.08. The van der Waals surface area contributed by atoms with Gasteiger partial charge < -0.3 is 10.6 Å². The molecule has 2 rings (SSSR count). The Kier molecular flexibility index (Phi) is 7.06. The van der Waals surface area contributed by atoms with Crippen molar-refractivity contribution >= 4 is 29.7 Å². The highest BCUT2D eigenvalue weighted by Gasteiger charge is 2.26. The lowest BCUT2D eigenvalue weighted by atomic mass is 10.0. The van der Waals surface area contributed by atoms with Gasteiger partial charge in [-0.2, -0.15) is 0 Å². The predicted molar refractivity (Wildman–Crippen MR) is 88.8 cm³/mol. The number of piperazine rings is 1. The van der Waals surface area contributed by atoms with Crippen LogP contribution in [0.5, 0.6) is 0 Å². The zero-order valence-corrected chi connectivity index (χ0v) is 14.5. The molecule has 1 aromatic rings. The molecule has 1 saturated heterocycles. The van der Waals surface area contributed by atoms with Crippen molar-refractivity contribution in [1.82, 2.24) is 14.8 Å². The van der Waals surface area contributed by atoms with E-state index >= 15 is 0 Å². The quantitative estimate of drug-likeness (QED) is 0.907. The summed E-state index contributed by atoms with van der Waals surface area (Å²) in [6, 6.07) is -0.372. The minimum atomic E-state index is -0.372. The fourth-order valence-electron chi connectivity index (χ4n) is 2.33. The third-order valence-corrected chi connectivity index (χ3v) is 4.56. The van der Waals surface area contributed by atoms with Gasteiger partial charge in [-0.1, -0.05) is 13.8 Å². The molecule has 0 aromatic carbocycles. The van der Waals surface area contributed by atoms with E-state index in [9.17, 15) is 4.79 Å². The molecule has 0 aliphatic carbocycles. The first-order valence-corrected chi connectivity index (χ1v) is 8.03. The van der Waals surface area contributed by atoms with E-state index in [-0.39, 0.29) is 30.3 Å². The van der Waals surface area contributed by atoms with Crippen LogP contribution >= 0.6 is 23.7 Å². The molecule has 7 heteroatoms. The Hall–Kier alpha value is -0.690. The predicted octanol–water partition coefficient (Wildman–Crippen LogP) is 1.50. The lowest BCUT2D eigenvalue weighted by molar-refractivity contribution is -0.135. The molecule has 1 fully saturated rings. The Labute approximate surface area is 136 Å². The maximum absolute atomic E-state index is 12.2. The van der Waals surface area contributed by atoms with Crippen LogP contribution in [0.15, 0.2) is 5.38 Å². The number of nitrogens with zero attached hydrogens (tertiary/aromatic N) is 3. The van der Waals surface area contributed by atoms with Gasteiger partial charge in [0.1, 0.15) is 0 Å². The van der Waals surface area contributed by atoms with Gasteiger partial charge in [-0.05, 0) is 12.8 Å². The molecule has 5 nitrogen and oxygen atoms in total. The van der Waals surface area contributed by atoms with Crippen LogP contribution in [-0.4, -0.2) is 52.9 Å². The first-order valence-electron chi connectivity index (χ1n) is 7.15. The molecule has 120 valence electrons. The average molecular weight is 333 g/mol. The zero-order valence-electron chi connectivity index (χ0n) is 12.9. The smallest absolute Gasteiger partial charge is 0.239 e. The van der Waals surface area contributed by atoms with Gasteiger partial charge in [-0.3, -0.25) is 9.69 Å². The number of thiazole rings is 1. The van der Waals surface area contributed by atoms with E-state index in [0.29, 0.717) is 0 Å². The molecule has 1 atom stereocenters. The molecule has 1 aliphatic rings. The SMILES string of the molecule is Cc1nc(CN2CCN(C(=O)[C@@H](N)C(C)C)CC2)cs1.Cl. The van der Waals surface area contributed by atoms with Crippen LogP contribution in [0.1, 0.15) is 24.5 Å². The van der Waals surface area contributed by atoms with Gasteiger partial charge in [0.05, 0.1) is 16.7 Å². The Morgan fingerprint density at radius 3 is 2.48 bits per heavy atom. The highest BCUT2D eigenvalue weighted by Crippen LogP contribution is 2.13. The second-order valence-corrected chi connectivity index (χ2v) is 6.79. The molecule has 21 heavy (non-hydrogen) atoms. The van der Waals surface area contributed by atoms with Crippen LogP contribution in [0, 0.1) is 12.8 Å². The number of halogens is 1. The molecule has 2 heterocycles. The molecule has 0 radical (unpaired) electrons. The molecule has 1 aromatic heterocycles. The molecule has 0 bridgehead atoms. The Bertz CT molecular complexity index is 458. The topological polar surface area (TPSA) is 62.5 Å². The number of aryl methyl sites for hydroxylation is 1. The van der Waals surface area contributed by atoms with Crippen LogP contribution in [0.25, 0.3) is 0 Å². The van der Waals surface area contributed by atoms with Crippen molar-refractivity contribution in [2.24, 2.45) is 11.7 Å². The molecule has 2 N–H and O–H groups in total. The van der Waals surface area contributed by atoms with Crippen molar-refractivity contribution in [3.63, 3.8) is 0 Å². The van der Waals surface area contributed by atoms with Gasteiger partial charge in [-0.25, -0.2) is 4.98 Å². The molecule has 0 unspecified atom stereocenters. The van der Waals surface area contributed by atoms with Crippen LogP contribution in [0.4, 0.5) is 0 Å². The lowest BCUT2D eigenvalue weighted by Gasteiger charge is -2.36. The Morgan fingerprint density at radius 2 is 2.00 bits per heavy atom. The third kappa shape index (κ3) is 4.92. The summed E-state index contributed by atoms with van der Waals surface area (Å²) >= 11 is 1.69. The summed E-state index contributed by atoms with van der Waals surface area (Å²) in [5, 5.41) is 3.22. The fraction of sp³-hybridized carbons (Fsp3) is 0.714. The fourth-order valence-corrected chi connectivity index (χ4v) is 2.94. The van der Waals surface area contributed by atoms with Crippen molar-refractivity contribution in [2.45, 2.75) is 33.4 Å². The van der Waals surface area contributed by atoms with Crippen molar-refractivity contribution in [1.29, 1.82) is 0 Å². The molecule has 0 spiro atoms. The number of aromatic nitrogens is 1. The third-order valence-electron chi connectivity index (χ3n) is 3.74. The number of carbonyl (C=O) groups excluding carboxylic acids is 1. The van der Waals surface area contributed by atoms with Gasteiger partial charge in [-0.15, -0.1) is 23.7 Å². The summed E-state index contributed by atoms with van der Waals surface area (Å²) in [5.74, 6) is 0.280. The minimum Gasteiger partial charge on any atom is -0.339 e. The lowest BCUT2D eigenvalue weighted by Crippen LogP contribution is -2.54. The van der Waals surface area contributed by atoms with E-state index in [1.54, 1.807) is 11.3 Å². The van der Waals surface area contributed by atoms with Crippen LogP contribution in [0.2, 0.25) is 0 Å². The maximum Gasteiger partial charge on any atom is 0.239 e. The number of rotatable bonds is 4.